The quantitative estimate of drug-likeness (QED) is 0.116. The van der Waals surface area contributed by atoms with Gasteiger partial charge >= 0.3 is 5.97 Å². The van der Waals surface area contributed by atoms with Crippen LogP contribution in [0.2, 0.25) is 5.02 Å². The van der Waals surface area contributed by atoms with Gasteiger partial charge in [0.2, 0.25) is 0 Å². The van der Waals surface area contributed by atoms with Crippen LogP contribution < -0.4 is 9.64 Å². The predicted octanol–water partition coefficient (Wildman–Crippen LogP) is 6.67. The van der Waals surface area contributed by atoms with E-state index in [4.69, 9.17) is 16.3 Å². The standard InChI is InChI=1S/C26H27ClN4O5/c1-3-30(16-17-36-23-12-4-19(5-13-23)6-15-26(32)35-2)21-9-7-20(8-10-21)28-29-25-14-11-22(31(33)34)18-24(25)27/h4-5,7-14,18H,3,6,15-17H2,1-2H3. The molecule has 0 radical (unpaired) electrons. The van der Waals surface area contributed by atoms with Crippen molar-refractivity contribution in [2.75, 3.05) is 31.7 Å². The summed E-state index contributed by atoms with van der Waals surface area (Å²) in [5.74, 6) is 0.550. The lowest BCUT2D eigenvalue weighted by molar-refractivity contribution is -0.384. The molecule has 0 aromatic heterocycles. The first-order chi connectivity index (χ1) is 17.4. The Hall–Kier alpha value is -3.98. The van der Waals surface area contributed by atoms with Gasteiger partial charge in [0, 0.05) is 30.8 Å². The number of aryl methyl sites for hydroxylation is 1. The van der Waals surface area contributed by atoms with Crippen LogP contribution in [0.4, 0.5) is 22.7 Å². The third-order valence-electron chi connectivity index (χ3n) is 5.41. The van der Waals surface area contributed by atoms with Gasteiger partial charge in [0.1, 0.15) is 18.0 Å². The zero-order valence-corrected chi connectivity index (χ0v) is 20.9. The molecule has 0 N–H and O–H groups in total. The molecule has 3 aromatic carbocycles. The van der Waals surface area contributed by atoms with E-state index in [-0.39, 0.29) is 16.7 Å². The molecule has 0 amide bonds. The van der Waals surface area contributed by atoms with Crippen molar-refractivity contribution in [3.63, 3.8) is 0 Å². The van der Waals surface area contributed by atoms with Crippen LogP contribution in [0.25, 0.3) is 0 Å². The largest absolute Gasteiger partial charge is 0.492 e. The summed E-state index contributed by atoms with van der Waals surface area (Å²) in [6.45, 7) is 4.07. The molecule has 0 spiro atoms. The molecule has 10 heteroatoms. The molecule has 0 atom stereocenters. The van der Waals surface area contributed by atoms with Crippen LogP contribution in [0, 0.1) is 10.1 Å². The number of azo groups is 1. The van der Waals surface area contributed by atoms with Gasteiger partial charge in [0.05, 0.1) is 29.3 Å². The molecule has 36 heavy (non-hydrogen) atoms. The van der Waals surface area contributed by atoms with Gasteiger partial charge in [-0.25, -0.2) is 0 Å². The van der Waals surface area contributed by atoms with E-state index < -0.39 is 4.92 Å². The molecule has 0 saturated heterocycles. The third-order valence-corrected chi connectivity index (χ3v) is 5.71. The normalized spacial score (nSPS) is 10.9. The zero-order chi connectivity index (χ0) is 25.9. The number of ether oxygens (including phenoxy) is 2. The highest BCUT2D eigenvalue weighted by Crippen LogP contribution is 2.30. The molecule has 0 bridgehead atoms. The average Bonchev–Trinajstić information content (AvgIpc) is 2.90. The number of nitrogens with zero attached hydrogens (tertiary/aromatic N) is 4. The Labute approximate surface area is 214 Å². The fourth-order valence-corrected chi connectivity index (χ4v) is 3.59. The SMILES string of the molecule is CCN(CCOc1ccc(CCC(=O)OC)cc1)c1ccc(N=Nc2ccc([N+](=O)[O-])cc2Cl)cc1. The van der Waals surface area contributed by atoms with Crippen LogP contribution in [0.3, 0.4) is 0 Å². The first kappa shape index (κ1) is 26.6. The number of nitro benzene ring substituents is 1. The van der Waals surface area contributed by atoms with Crippen LogP contribution in [0.15, 0.2) is 77.0 Å². The van der Waals surface area contributed by atoms with Crippen LogP contribution in [0.5, 0.6) is 5.75 Å². The number of likely N-dealkylation sites (N-methyl/N-ethyl adjacent to an activating group) is 1. The molecule has 0 aliphatic rings. The van der Waals surface area contributed by atoms with E-state index in [1.165, 1.54) is 25.3 Å². The smallest absolute Gasteiger partial charge is 0.305 e. The van der Waals surface area contributed by atoms with E-state index >= 15 is 0 Å². The third kappa shape index (κ3) is 7.78. The summed E-state index contributed by atoms with van der Waals surface area (Å²) in [6, 6.07) is 19.3. The van der Waals surface area contributed by atoms with E-state index in [1.54, 1.807) is 0 Å². The number of anilines is 1. The molecule has 188 valence electrons. The Balaban J connectivity index is 1.52. The van der Waals surface area contributed by atoms with Crippen molar-refractivity contribution in [1.82, 2.24) is 0 Å². The van der Waals surface area contributed by atoms with E-state index in [2.05, 4.69) is 26.8 Å². The van der Waals surface area contributed by atoms with Gasteiger partial charge in [-0.2, -0.15) is 5.11 Å². The van der Waals surface area contributed by atoms with E-state index in [1.807, 2.05) is 48.5 Å². The number of halogens is 1. The van der Waals surface area contributed by atoms with Gasteiger partial charge in [-0.15, -0.1) is 5.11 Å². The first-order valence-electron chi connectivity index (χ1n) is 11.4. The minimum atomic E-state index is -0.512. The van der Waals surface area contributed by atoms with Gasteiger partial charge in [-0.3, -0.25) is 14.9 Å². The molecular weight excluding hydrogens is 484 g/mol. The molecule has 0 aliphatic carbocycles. The van der Waals surface area contributed by atoms with Crippen molar-refractivity contribution in [2.24, 2.45) is 10.2 Å². The van der Waals surface area contributed by atoms with Crippen molar-refractivity contribution < 1.29 is 19.2 Å². The molecule has 0 unspecified atom stereocenters. The van der Waals surface area contributed by atoms with Crippen LogP contribution in [0.1, 0.15) is 18.9 Å². The summed E-state index contributed by atoms with van der Waals surface area (Å²) in [4.78, 5) is 23.8. The molecule has 3 rings (SSSR count). The topological polar surface area (TPSA) is 107 Å². The predicted molar refractivity (Wildman–Crippen MR) is 139 cm³/mol. The molecule has 0 aliphatic heterocycles. The lowest BCUT2D eigenvalue weighted by atomic mass is 10.1. The fraction of sp³-hybridized carbons (Fsp3) is 0.269. The second-order valence-corrected chi connectivity index (χ2v) is 8.16. The van der Waals surface area contributed by atoms with Gasteiger partial charge in [0.25, 0.3) is 5.69 Å². The number of hydrogen-bond donors (Lipinski definition) is 0. The maximum Gasteiger partial charge on any atom is 0.305 e. The average molecular weight is 511 g/mol. The van der Waals surface area contributed by atoms with Crippen molar-refractivity contribution in [1.29, 1.82) is 0 Å². The first-order valence-corrected chi connectivity index (χ1v) is 11.8. The molecular formula is C26H27ClN4O5. The van der Waals surface area contributed by atoms with Gasteiger partial charge in [0.15, 0.2) is 0 Å². The summed E-state index contributed by atoms with van der Waals surface area (Å²) < 4.78 is 10.6. The molecule has 9 nitrogen and oxygen atoms in total. The Morgan fingerprint density at radius 3 is 2.39 bits per heavy atom. The fourth-order valence-electron chi connectivity index (χ4n) is 3.38. The monoisotopic (exact) mass is 510 g/mol. The van der Waals surface area contributed by atoms with Crippen molar-refractivity contribution in [3.05, 3.63) is 87.4 Å². The number of carbonyl (C=O) groups excluding carboxylic acids is 1. The number of carbonyl (C=O) groups is 1. The number of rotatable bonds is 12. The summed E-state index contributed by atoms with van der Waals surface area (Å²) in [6.07, 6.45) is 0.986. The number of benzene rings is 3. The van der Waals surface area contributed by atoms with Crippen molar-refractivity contribution in [3.8, 4) is 5.75 Å². The summed E-state index contributed by atoms with van der Waals surface area (Å²) in [5, 5.41) is 19.3. The number of nitro groups is 1. The summed E-state index contributed by atoms with van der Waals surface area (Å²) in [5.41, 5.74) is 2.96. The number of methoxy groups -OCH3 is 1. The highest BCUT2D eigenvalue weighted by atomic mass is 35.5. The van der Waals surface area contributed by atoms with Gasteiger partial charge < -0.3 is 14.4 Å². The highest BCUT2D eigenvalue weighted by molar-refractivity contribution is 6.33. The molecule has 0 fully saturated rings. The lowest BCUT2D eigenvalue weighted by Crippen LogP contribution is -2.27. The number of esters is 1. The minimum absolute atomic E-state index is 0.0976. The van der Waals surface area contributed by atoms with E-state index in [0.29, 0.717) is 37.4 Å². The Morgan fingerprint density at radius 1 is 1.06 bits per heavy atom. The Morgan fingerprint density at radius 2 is 1.78 bits per heavy atom. The van der Waals surface area contributed by atoms with E-state index in [0.717, 1.165) is 23.5 Å². The second-order valence-electron chi connectivity index (χ2n) is 7.76. The number of hydrogen-bond acceptors (Lipinski definition) is 8. The number of non-ortho nitro benzene ring substituents is 1. The van der Waals surface area contributed by atoms with Crippen LogP contribution >= 0.6 is 11.6 Å². The van der Waals surface area contributed by atoms with Crippen LogP contribution in [-0.4, -0.2) is 37.7 Å². The summed E-state index contributed by atoms with van der Waals surface area (Å²) >= 11 is 6.06. The minimum Gasteiger partial charge on any atom is -0.492 e. The highest BCUT2D eigenvalue weighted by Gasteiger charge is 2.09. The maximum atomic E-state index is 11.3. The zero-order valence-electron chi connectivity index (χ0n) is 20.1. The lowest BCUT2D eigenvalue weighted by Gasteiger charge is -2.23. The Kier molecular flexibility index (Phi) is 9.76. The molecule has 0 saturated carbocycles. The maximum absolute atomic E-state index is 11.3. The van der Waals surface area contributed by atoms with Gasteiger partial charge in [-0.05, 0) is 61.4 Å². The molecule has 3 aromatic rings. The molecule has 0 heterocycles. The Bertz CT molecular complexity index is 1200. The van der Waals surface area contributed by atoms with Gasteiger partial charge in [-0.1, -0.05) is 23.7 Å². The van der Waals surface area contributed by atoms with Crippen LogP contribution in [-0.2, 0) is 16.0 Å². The second kappa shape index (κ2) is 13.2. The van der Waals surface area contributed by atoms with Crippen molar-refractivity contribution >= 4 is 40.3 Å². The van der Waals surface area contributed by atoms with Crippen molar-refractivity contribution in [2.45, 2.75) is 19.8 Å². The summed E-state index contributed by atoms with van der Waals surface area (Å²) in [7, 11) is 1.39. The van der Waals surface area contributed by atoms with E-state index in [9.17, 15) is 14.9 Å².